The van der Waals surface area contributed by atoms with Crippen LogP contribution in [0.25, 0.3) is 5.65 Å². The molecular formula is C21H31N7O2. The van der Waals surface area contributed by atoms with E-state index in [4.69, 9.17) is 4.74 Å². The van der Waals surface area contributed by atoms with Crippen molar-refractivity contribution in [3.63, 3.8) is 0 Å². The second kappa shape index (κ2) is 7.68. The second-order valence-corrected chi connectivity index (χ2v) is 9.26. The van der Waals surface area contributed by atoms with E-state index in [9.17, 15) is 4.79 Å². The fourth-order valence-corrected chi connectivity index (χ4v) is 5.06. The van der Waals surface area contributed by atoms with Gasteiger partial charge in [0.05, 0.1) is 6.20 Å². The number of anilines is 1. The van der Waals surface area contributed by atoms with Crippen LogP contribution in [0, 0.1) is 12.8 Å². The maximum absolute atomic E-state index is 12.6. The van der Waals surface area contributed by atoms with Crippen molar-refractivity contribution in [1.29, 1.82) is 0 Å². The third-order valence-electron chi connectivity index (χ3n) is 6.73. The maximum Gasteiger partial charge on any atom is 0.410 e. The molecule has 2 aromatic rings. The Hall–Kier alpha value is -2.42. The largest absolute Gasteiger partial charge is 0.443 e. The van der Waals surface area contributed by atoms with E-state index >= 15 is 0 Å². The van der Waals surface area contributed by atoms with E-state index in [2.05, 4.69) is 39.5 Å². The van der Waals surface area contributed by atoms with Gasteiger partial charge in [-0.15, -0.1) is 0 Å². The van der Waals surface area contributed by atoms with E-state index in [-0.39, 0.29) is 12.2 Å². The van der Waals surface area contributed by atoms with Crippen LogP contribution < -0.4 is 10.6 Å². The van der Waals surface area contributed by atoms with E-state index in [0.717, 1.165) is 68.3 Å². The molecule has 3 atom stereocenters. The van der Waals surface area contributed by atoms with Crippen LogP contribution in [-0.4, -0.2) is 68.4 Å². The van der Waals surface area contributed by atoms with Gasteiger partial charge in [-0.1, -0.05) is 13.8 Å². The fourth-order valence-electron chi connectivity index (χ4n) is 5.06. The number of nitrogens with zero attached hydrogens (tertiary/aromatic N) is 5. The van der Waals surface area contributed by atoms with Crippen LogP contribution in [0.2, 0.25) is 0 Å². The molecule has 0 aromatic carbocycles. The molecule has 0 radical (unpaired) electrons. The molecular weight excluding hydrogens is 382 g/mol. The first-order chi connectivity index (χ1) is 14.5. The Kier molecular flexibility index (Phi) is 5.00. The summed E-state index contributed by atoms with van der Waals surface area (Å²) in [6, 6.07) is 0.584. The van der Waals surface area contributed by atoms with Crippen molar-refractivity contribution in [2.45, 2.75) is 70.6 Å². The highest BCUT2D eigenvalue weighted by atomic mass is 16.6. The summed E-state index contributed by atoms with van der Waals surface area (Å²) in [5.41, 5.74) is 2.01. The molecule has 9 heteroatoms. The van der Waals surface area contributed by atoms with Gasteiger partial charge in [-0.2, -0.15) is 14.6 Å². The number of hydrogen-bond acceptors (Lipinski definition) is 7. The summed E-state index contributed by atoms with van der Waals surface area (Å²) in [4.78, 5) is 23.8. The standard InChI is InChI=1S/C21H31N7O2/c1-12(2)18-11-24-28-19(18)25-13(3)26-20(28)23-8-14-6-15-4-5-16(7-14)27(15)21(29)30-17-9-22-10-17/h11-12,14-17,22H,4-10H2,1-3H3,(H,23,25,26)/t14?,15-,16+. The lowest BCUT2D eigenvalue weighted by molar-refractivity contribution is 0.0149. The minimum atomic E-state index is -0.119. The third kappa shape index (κ3) is 3.49. The first-order valence-corrected chi connectivity index (χ1v) is 11.2. The van der Waals surface area contributed by atoms with Crippen LogP contribution in [0.15, 0.2) is 6.20 Å². The van der Waals surface area contributed by atoms with Gasteiger partial charge in [-0.05, 0) is 44.4 Å². The highest BCUT2D eigenvalue weighted by Crippen LogP contribution is 2.39. The van der Waals surface area contributed by atoms with E-state index < -0.39 is 0 Å². The van der Waals surface area contributed by atoms with Gasteiger partial charge in [0.1, 0.15) is 11.9 Å². The quantitative estimate of drug-likeness (QED) is 0.776. The number of aryl methyl sites for hydroxylation is 1. The van der Waals surface area contributed by atoms with Crippen LogP contribution >= 0.6 is 0 Å². The summed E-state index contributed by atoms with van der Waals surface area (Å²) in [7, 11) is 0. The molecule has 5 heterocycles. The monoisotopic (exact) mass is 413 g/mol. The third-order valence-corrected chi connectivity index (χ3v) is 6.73. The summed E-state index contributed by atoms with van der Waals surface area (Å²) in [5.74, 6) is 2.36. The van der Waals surface area contributed by atoms with Crippen LogP contribution in [0.3, 0.4) is 0 Å². The van der Waals surface area contributed by atoms with E-state index in [0.29, 0.717) is 23.9 Å². The second-order valence-electron chi connectivity index (χ2n) is 9.26. The molecule has 5 rings (SSSR count). The zero-order valence-electron chi connectivity index (χ0n) is 18.0. The minimum Gasteiger partial charge on any atom is -0.443 e. The van der Waals surface area contributed by atoms with Gasteiger partial charge < -0.3 is 20.3 Å². The van der Waals surface area contributed by atoms with Crippen LogP contribution in [0.4, 0.5) is 10.7 Å². The molecule has 9 nitrogen and oxygen atoms in total. The summed E-state index contributed by atoms with van der Waals surface area (Å²) < 4.78 is 7.45. The summed E-state index contributed by atoms with van der Waals surface area (Å²) in [6.45, 7) is 8.60. The zero-order valence-corrected chi connectivity index (χ0v) is 18.0. The van der Waals surface area contributed by atoms with Crippen molar-refractivity contribution in [2.24, 2.45) is 5.92 Å². The van der Waals surface area contributed by atoms with Crippen molar-refractivity contribution >= 4 is 17.7 Å². The maximum atomic E-state index is 12.6. The first-order valence-electron chi connectivity index (χ1n) is 11.2. The smallest absolute Gasteiger partial charge is 0.410 e. The summed E-state index contributed by atoms with van der Waals surface area (Å²) in [6.07, 6.45) is 5.98. The van der Waals surface area contributed by atoms with Crippen molar-refractivity contribution in [3.05, 3.63) is 17.6 Å². The van der Waals surface area contributed by atoms with Crippen LogP contribution in [0.1, 0.15) is 56.8 Å². The Morgan fingerprint density at radius 3 is 2.63 bits per heavy atom. The number of aromatic nitrogens is 4. The van der Waals surface area contributed by atoms with E-state index in [1.165, 1.54) is 0 Å². The average Bonchev–Trinajstić information content (AvgIpc) is 3.21. The SMILES string of the molecule is Cc1nc(NCC2C[C@H]3CC[C@@H](C2)N3C(=O)OC2CNC2)n2ncc(C(C)C)c2n1. The number of carbonyl (C=O) groups excluding carboxylic acids is 1. The molecule has 3 saturated heterocycles. The van der Waals surface area contributed by atoms with Crippen LogP contribution in [-0.2, 0) is 4.74 Å². The molecule has 0 aliphatic carbocycles. The molecule has 2 N–H and O–H groups in total. The van der Waals surface area contributed by atoms with Crippen molar-refractivity contribution in [3.8, 4) is 0 Å². The number of amides is 1. The van der Waals surface area contributed by atoms with Gasteiger partial charge in [0.2, 0.25) is 5.95 Å². The molecule has 1 amide bonds. The fraction of sp³-hybridized carbons (Fsp3) is 0.714. The Morgan fingerprint density at radius 2 is 2.00 bits per heavy atom. The van der Waals surface area contributed by atoms with Gasteiger partial charge in [-0.3, -0.25) is 0 Å². The van der Waals surface area contributed by atoms with Gasteiger partial charge in [0, 0.05) is 37.3 Å². The lowest BCUT2D eigenvalue weighted by atomic mass is 9.91. The number of carbonyl (C=O) groups is 1. The summed E-state index contributed by atoms with van der Waals surface area (Å²) >= 11 is 0. The zero-order chi connectivity index (χ0) is 20.8. The number of piperidine rings is 1. The molecule has 2 bridgehead atoms. The van der Waals surface area contributed by atoms with Gasteiger partial charge in [0.15, 0.2) is 5.65 Å². The predicted molar refractivity (Wildman–Crippen MR) is 113 cm³/mol. The number of ether oxygens (including phenoxy) is 1. The molecule has 3 aliphatic heterocycles. The highest BCUT2D eigenvalue weighted by Gasteiger charge is 2.44. The van der Waals surface area contributed by atoms with E-state index in [1.807, 2.05) is 22.5 Å². The van der Waals surface area contributed by atoms with Crippen LogP contribution in [0.5, 0.6) is 0 Å². The lowest BCUT2D eigenvalue weighted by Crippen LogP contribution is -2.54. The van der Waals surface area contributed by atoms with Crippen molar-refractivity contribution in [1.82, 2.24) is 29.8 Å². The molecule has 3 aliphatic rings. The first kappa shape index (κ1) is 19.5. The minimum absolute atomic E-state index is 0.0458. The predicted octanol–water partition coefficient (Wildman–Crippen LogP) is 2.32. The Balaban J connectivity index is 1.25. The number of fused-ring (bicyclic) bond motifs is 3. The topological polar surface area (TPSA) is 96.7 Å². The molecule has 30 heavy (non-hydrogen) atoms. The lowest BCUT2D eigenvalue weighted by Gasteiger charge is -2.39. The van der Waals surface area contributed by atoms with Gasteiger partial charge in [0.25, 0.3) is 0 Å². The number of nitrogens with one attached hydrogen (secondary N) is 2. The normalized spacial score (nSPS) is 26.3. The highest BCUT2D eigenvalue weighted by molar-refractivity contribution is 5.69. The van der Waals surface area contributed by atoms with Crippen molar-refractivity contribution < 1.29 is 9.53 Å². The van der Waals surface area contributed by atoms with Gasteiger partial charge >= 0.3 is 6.09 Å². The Morgan fingerprint density at radius 1 is 1.27 bits per heavy atom. The Bertz CT molecular complexity index is 925. The van der Waals surface area contributed by atoms with E-state index in [1.54, 1.807) is 0 Å². The Labute approximate surface area is 176 Å². The average molecular weight is 414 g/mol. The molecule has 0 spiro atoms. The molecule has 3 fully saturated rings. The summed E-state index contributed by atoms with van der Waals surface area (Å²) in [5, 5.41) is 11.2. The van der Waals surface area contributed by atoms with Crippen molar-refractivity contribution in [2.75, 3.05) is 25.0 Å². The number of rotatable bonds is 5. The molecule has 1 unspecified atom stereocenters. The molecule has 162 valence electrons. The van der Waals surface area contributed by atoms with Gasteiger partial charge in [-0.25, -0.2) is 9.78 Å². The number of hydrogen-bond donors (Lipinski definition) is 2. The molecule has 0 saturated carbocycles. The molecule has 2 aromatic heterocycles.